The predicted octanol–water partition coefficient (Wildman–Crippen LogP) is 1.98. The molecule has 0 unspecified atom stereocenters. The van der Waals surface area contributed by atoms with Gasteiger partial charge in [0.2, 0.25) is 10.0 Å². The van der Waals surface area contributed by atoms with Gasteiger partial charge < -0.3 is 0 Å². The molecule has 0 N–H and O–H groups in total. The third-order valence-electron chi connectivity index (χ3n) is 2.39. The Morgan fingerprint density at radius 3 is 2.00 bits per heavy atom. The van der Waals surface area contributed by atoms with Gasteiger partial charge >= 0.3 is 0 Å². The van der Waals surface area contributed by atoms with Crippen LogP contribution in [0.2, 0.25) is 0 Å². The Labute approximate surface area is 123 Å². The molecule has 0 aliphatic carbocycles. The van der Waals surface area contributed by atoms with Crippen LogP contribution in [0.3, 0.4) is 0 Å². The van der Waals surface area contributed by atoms with Gasteiger partial charge in [0.15, 0.2) is 0 Å². The summed E-state index contributed by atoms with van der Waals surface area (Å²) in [4.78, 5) is -0.416. The topological polar surface area (TPSA) is 71.5 Å². The lowest BCUT2D eigenvalue weighted by Gasteiger charge is -2.19. The zero-order valence-electron chi connectivity index (χ0n) is 10.6. The number of hydrogen-bond acceptors (Lipinski definition) is 4. The molecule has 1 aromatic rings. The van der Waals surface area contributed by atoms with E-state index in [1.54, 1.807) is 0 Å². The highest BCUT2D eigenvalue weighted by molar-refractivity contribution is 8.13. The highest BCUT2D eigenvalue weighted by Crippen LogP contribution is 2.21. The van der Waals surface area contributed by atoms with Gasteiger partial charge in [-0.05, 0) is 18.2 Å². The average Bonchev–Trinajstić information content (AvgIpc) is 2.37. The van der Waals surface area contributed by atoms with Crippen LogP contribution in [0, 0.1) is 0 Å². The standard InChI is InChI=1S/C12H14ClNO4S2/c1-3-8-14(9-4-2)20(17,18)12-7-5-6-11(10-12)19(13,15)16/h3-7,10H,1-2,8-9H2. The average molecular weight is 336 g/mol. The minimum absolute atomic E-state index is 0.0895. The number of sulfonamides is 1. The highest BCUT2D eigenvalue weighted by Gasteiger charge is 2.24. The molecule has 0 aliphatic heterocycles. The van der Waals surface area contributed by atoms with Gasteiger partial charge in [0, 0.05) is 23.8 Å². The molecular formula is C12H14ClNO4S2. The van der Waals surface area contributed by atoms with Crippen molar-refractivity contribution in [2.45, 2.75) is 9.79 Å². The van der Waals surface area contributed by atoms with E-state index in [1.165, 1.54) is 30.4 Å². The Kier molecular flexibility index (Phi) is 5.52. The molecule has 0 aromatic heterocycles. The van der Waals surface area contributed by atoms with Crippen LogP contribution < -0.4 is 0 Å². The van der Waals surface area contributed by atoms with Crippen LogP contribution in [0.4, 0.5) is 0 Å². The monoisotopic (exact) mass is 335 g/mol. The predicted molar refractivity (Wildman–Crippen MR) is 78.6 cm³/mol. The Hall–Kier alpha value is -1.15. The molecule has 0 fully saturated rings. The number of halogens is 1. The van der Waals surface area contributed by atoms with Crippen LogP contribution in [-0.2, 0) is 19.1 Å². The van der Waals surface area contributed by atoms with Crippen LogP contribution in [0.15, 0.2) is 59.4 Å². The number of nitrogens with zero attached hydrogens (tertiary/aromatic N) is 1. The van der Waals surface area contributed by atoms with Crippen LogP contribution in [0.25, 0.3) is 0 Å². The quantitative estimate of drug-likeness (QED) is 0.564. The van der Waals surface area contributed by atoms with E-state index in [0.717, 1.165) is 10.4 Å². The van der Waals surface area contributed by atoms with Gasteiger partial charge in [-0.1, -0.05) is 18.2 Å². The summed E-state index contributed by atoms with van der Waals surface area (Å²) in [5.74, 6) is 0. The van der Waals surface area contributed by atoms with Crippen molar-refractivity contribution in [2.24, 2.45) is 0 Å². The molecule has 0 aliphatic rings. The number of hydrogen-bond donors (Lipinski definition) is 0. The Balaban J connectivity index is 3.34. The van der Waals surface area contributed by atoms with E-state index in [4.69, 9.17) is 10.7 Å². The van der Waals surface area contributed by atoms with Crippen LogP contribution in [0.5, 0.6) is 0 Å². The molecule has 0 saturated heterocycles. The summed E-state index contributed by atoms with van der Waals surface area (Å²) in [7, 11) is -2.61. The molecule has 8 heteroatoms. The molecular weight excluding hydrogens is 322 g/mol. The molecule has 110 valence electrons. The normalized spacial score (nSPS) is 12.3. The first-order chi connectivity index (χ1) is 9.23. The van der Waals surface area contributed by atoms with E-state index in [9.17, 15) is 16.8 Å². The van der Waals surface area contributed by atoms with Crippen molar-refractivity contribution in [3.63, 3.8) is 0 Å². The maximum atomic E-state index is 12.4. The maximum absolute atomic E-state index is 12.4. The smallest absolute Gasteiger partial charge is 0.207 e. The minimum Gasteiger partial charge on any atom is -0.207 e. The van der Waals surface area contributed by atoms with Gasteiger partial charge in [-0.25, -0.2) is 16.8 Å². The number of rotatable bonds is 7. The lowest BCUT2D eigenvalue weighted by molar-refractivity contribution is 0.474. The molecule has 1 rings (SSSR count). The van der Waals surface area contributed by atoms with Gasteiger partial charge in [-0.15, -0.1) is 13.2 Å². The summed E-state index contributed by atoms with van der Waals surface area (Å²) in [5, 5.41) is 0. The van der Waals surface area contributed by atoms with Crippen molar-refractivity contribution in [3.8, 4) is 0 Å². The van der Waals surface area contributed by atoms with E-state index >= 15 is 0 Å². The maximum Gasteiger partial charge on any atom is 0.261 e. The Bertz CT molecular complexity index is 701. The van der Waals surface area contributed by atoms with Crippen LogP contribution in [-0.4, -0.2) is 34.2 Å². The summed E-state index contributed by atoms with van der Waals surface area (Å²) in [6, 6.07) is 4.88. The second kappa shape index (κ2) is 6.53. The third kappa shape index (κ3) is 3.92. The summed E-state index contributed by atoms with van der Waals surface area (Å²) < 4.78 is 48.4. The fourth-order valence-corrected chi connectivity index (χ4v) is 3.79. The first-order valence-electron chi connectivity index (χ1n) is 5.50. The van der Waals surface area contributed by atoms with Gasteiger partial charge in [-0.2, -0.15) is 4.31 Å². The van der Waals surface area contributed by atoms with Crippen molar-refractivity contribution in [2.75, 3.05) is 13.1 Å². The summed E-state index contributed by atoms with van der Waals surface area (Å²) in [5.41, 5.74) is 0. The molecule has 0 bridgehead atoms. The van der Waals surface area contributed by atoms with Crippen LogP contribution in [0.1, 0.15) is 0 Å². The van der Waals surface area contributed by atoms with Crippen molar-refractivity contribution in [3.05, 3.63) is 49.6 Å². The fraction of sp³-hybridized carbons (Fsp3) is 0.167. The van der Waals surface area contributed by atoms with Crippen molar-refractivity contribution in [1.29, 1.82) is 0 Å². The first kappa shape index (κ1) is 16.9. The molecule has 0 spiro atoms. The van der Waals surface area contributed by atoms with Crippen LogP contribution >= 0.6 is 10.7 Å². The molecule has 1 aromatic carbocycles. The molecule has 0 heterocycles. The van der Waals surface area contributed by atoms with Gasteiger partial charge in [0.05, 0.1) is 9.79 Å². The molecule has 20 heavy (non-hydrogen) atoms. The molecule has 0 atom stereocenters. The lowest BCUT2D eigenvalue weighted by Crippen LogP contribution is -2.31. The number of benzene rings is 1. The highest BCUT2D eigenvalue weighted by atomic mass is 35.7. The van der Waals surface area contributed by atoms with Crippen molar-refractivity contribution >= 4 is 29.8 Å². The van der Waals surface area contributed by atoms with E-state index in [-0.39, 0.29) is 22.9 Å². The van der Waals surface area contributed by atoms with E-state index in [0.29, 0.717) is 0 Å². The van der Waals surface area contributed by atoms with Gasteiger partial charge in [-0.3, -0.25) is 0 Å². The minimum atomic E-state index is -3.99. The summed E-state index contributed by atoms with van der Waals surface area (Å²) >= 11 is 0. The second-order valence-corrected chi connectivity index (χ2v) is 8.32. The van der Waals surface area contributed by atoms with Gasteiger partial charge in [0.25, 0.3) is 9.05 Å². The van der Waals surface area contributed by atoms with E-state index in [1.807, 2.05) is 0 Å². The largest absolute Gasteiger partial charge is 0.261 e. The van der Waals surface area contributed by atoms with Gasteiger partial charge in [0.1, 0.15) is 0 Å². The van der Waals surface area contributed by atoms with E-state index < -0.39 is 19.1 Å². The fourth-order valence-electron chi connectivity index (χ4n) is 1.49. The molecule has 0 radical (unpaired) electrons. The summed E-state index contributed by atoms with van der Waals surface area (Å²) in [6.45, 7) is 7.16. The zero-order valence-corrected chi connectivity index (χ0v) is 13.0. The summed E-state index contributed by atoms with van der Waals surface area (Å²) in [6.07, 6.45) is 2.87. The second-order valence-electron chi connectivity index (χ2n) is 3.81. The lowest BCUT2D eigenvalue weighted by atomic mass is 10.4. The SMILES string of the molecule is C=CCN(CC=C)S(=O)(=O)c1cccc(S(=O)(=O)Cl)c1. The first-order valence-corrected chi connectivity index (χ1v) is 9.25. The molecule has 5 nitrogen and oxygen atoms in total. The third-order valence-corrected chi connectivity index (χ3v) is 5.57. The van der Waals surface area contributed by atoms with Crippen molar-refractivity contribution < 1.29 is 16.8 Å². The van der Waals surface area contributed by atoms with E-state index in [2.05, 4.69) is 13.2 Å². The van der Waals surface area contributed by atoms with Crippen molar-refractivity contribution in [1.82, 2.24) is 4.31 Å². The molecule has 0 amide bonds. The Morgan fingerprint density at radius 1 is 1.05 bits per heavy atom. The molecule has 0 saturated carbocycles. The zero-order chi connectivity index (χ0) is 15.4. The Morgan fingerprint density at radius 2 is 1.55 bits per heavy atom.